The van der Waals surface area contributed by atoms with Crippen molar-refractivity contribution in [1.82, 2.24) is 0 Å². The first-order valence-electron chi connectivity index (χ1n) is 3.68. The molecule has 0 atom stereocenters. The molecule has 3 nitrogen and oxygen atoms in total. The Labute approximate surface area is 84.4 Å². The van der Waals surface area contributed by atoms with E-state index in [0.29, 0.717) is 0 Å². The van der Waals surface area contributed by atoms with Gasteiger partial charge in [0.25, 0.3) is 0 Å². The fourth-order valence-electron chi connectivity index (χ4n) is 0.853. The van der Waals surface area contributed by atoms with Gasteiger partial charge in [0.1, 0.15) is 0 Å². The van der Waals surface area contributed by atoms with Gasteiger partial charge in [-0.05, 0) is 17.7 Å². The summed E-state index contributed by atoms with van der Waals surface area (Å²) in [6.45, 7) is 1.47. The summed E-state index contributed by atoms with van der Waals surface area (Å²) in [6, 6.07) is 7.33. The molecule has 0 aliphatic rings. The Hall–Kier alpha value is -1.16. The minimum Gasteiger partial charge on any atom is -0.259 e. The summed E-state index contributed by atoms with van der Waals surface area (Å²) in [4.78, 5) is 9.90. The van der Waals surface area contributed by atoms with Crippen LogP contribution in [0.5, 0.6) is 0 Å². The maximum atomic E-state index is 10.3. The van der Waals surface area contributed by atoms with E-state index in [4.69, 9.17) is 0 Å². The zero-order valence-corrected chi connectivity index (χ0v) is 8.61. The smallest absolute Gasteiger partial charge is 0.243 e. The lowest BCUT2D eigenvalue weighted by Crippen LogP contribution is -1.92. The van der Waals surface area contributed by atoms with Crippen LogP contribution in [0, 0.1) is 10.1 Å². The molecule has 0 spiro atoms. The van der Waals surface area contributed by atoms with Crippen LogP contribution in [-0.4, -0.2) is 4.92 Å². The zero-order chi connectivity index (χ0) is 9.84. The fourth-order valence-corrected chi connectivity index (χ4v) is 1.12. The number of rotatable bonds is 2. The van der Waals surface area contributed by atoms with E-state index < -0.39 is 4.92 Å². The van der Waals surface area contributed by atoms with Gasteiger partial charge in [-0.25, -0.2) is 0 Å². The first-order valence-corrected chi connectivity index (χ1v) is 4.47. The largest absolute Gasteiger partial charge is 0.259 e. The molecule has 0 N–H and O–H groups in total. The number of nitro groups is 1. The van der Waals surface area contributed by atoms with E-state index in [-0.39, 0.29) is 5.70 Å². The number of hydrogen-bond acceptors (Lipinski definition) is 2. The molecule has 1 rings (SSSR count). The van der Waals surface area contributed by atoms with Crippen molar-refractivity contribution in [3.8, 4) is 0 Å². The van der Waals surface area contributed by atoms with Gasteiger partial charge >= 0.3 is 0 Å². The standard InChI is InChI=1S/C9H8BrNO2/c1-7(11(12)13)6-8-2-4-9(10)5-3-8/h2-6H,1H3/b7-6+. The molecule has 1 aromatic rings. The molecule has 0 amide bonds. The second-order valence-electron chi connectivity index (χ2n) is 2.59. The summed E-state index contributed by atoms with van der Waals surface area (Å²) in [5.41, 5.74) is 0.972. The van der Waals surface area contributed by atoms with Crippen LogP contribution in [-0.2, 0) is 0 Å². The molecule has 0 aliphatic heterocycles. The highest BCUT2D eigenvalue weighted by Gasteiger charge is 2.00. The second-order valence-corrected chi connectivity index (χ2v) is 3.51. The molecule has 0 aliphatic carbocycles. The molecule has 13 heavy (non-hydrogen) atoms. The maximum absolute atomic E-state index is 10.3. The van der Waals surface area contributed by atoms with Crippen LogP contribution in [0.1, 0.15) is 12.5 Å². The average molecular weight is 242 g/mol. The van der Waals surface area contributed by atoms with E-state index in [1.165, 1.54) is 13.0 Å². The van der Waals surface area contributed by atoms with E-state index >= 15 is 0 Å². The van der Waals surface area contributed by atoms with E-state index in [0.717, 1.165) is 10.0 Å². The van der Waals surface area contributed by atoms with Crippen molar-refractivity contribution in [3.05, 3.63) is 50.1 Å². The van der Waals surface area contributed by atoms with Gasteiger partial charge in [-0.3, -0.25) is 10.1 Å². The Kier molecular flexibility index (Phi) is 3.19. The predicted molar refractivity (Wildman–Crippen MR) is 54.8 cm³/mol. The molecule has 0 saturated heterocycles. The van der Waals surface area contributed by atoms with Crippen molar-refractivity contribution in [2.45, 2.75) is 6.92 Å². The number of halogens is 1. The second kappa shape index (κ2) is 4.18. The highest BCUT2D eigenvalue weighted by atomic mass is 79.9. The van der Waals surface area contributed by atoms with Crippen molar-refractivity contribution >= 4 is 22.0 Å². The summed E-state index contributed by atoms with van der Waals surface area (Å²) in [5, 5.41) is 10.3. The van der Waals surface area contributed by atoms with Gasteiger partial charge in [-0.1, -0.05) is 28.1 Å². The highest BCUT2D eigenvalue weighted by molar-refractivity contribution is 9.10. The molecule has 0 aromatic heterocycles. The minimum atomic E-state index is -0.401. The number of benzene rings is 1. The zero-order valence-electron chi connectivity index (χ0n) is 7.03. The maximum Gasteiger partial charge on any atom is 0.243 e. The van der Waals surface area contributed by atoms with E-state index in [1.807, 2.05) is 24.3 Å². The topological polar surface area (TPSA) is 43.1 Å². The molecule has 0 fully saturated rings. The van der Waals surface area contributed by atoms with E-state index in [1.54, 1.807) is 0 Å². The van der Waals surface area contributed by atoms with Crippen LogP contribution in [0.3, 0.4) is 0 Å². The molecule has 0 bridgehead atoms. The van der Waals surface area contributed by atoms with Gasteiger partial charge in [-0.15, -0.1) is 0 Å². The number of nitrogens with zero attached hydrogens (tertiary/aromatic N) is 1. The third kappa shape index (κ3) is 2.99. The first kappa shape index (κ1) is 9.92. The van der Waals surface area contributed by atoms with Crippen LogP contribution < -0.4 is 0 Å². The van der Waals surface area contributed by atoms with Crippen LogP contribution in [0.25, 0.3) is 6.08 Å². The summed E-state index contributed by atoms with van der Waals surface area (Å²) >= 11 is 3.29. The number of hydrogen-bond donors (Lipinski definition) is 0. The summed E-state index contributed by atoms with van der Waals surface area (Å²) in [5.74, 6) is 0. The van der Waals surface area contributed by atoms with Gasteiger partial charge in [0.15, 0.2) is 0 Å². The molecule has 0 unspecified atom stereocenters. The average Bonchev–Trinajstić information content (AvgIpc) is 2.08. The normalized spacial score (nSPS) is 11.4. The number of allylic oxidation sites excluding steroid dienone is 1. The van der Waals surface area contributed by atoms with Crippen molar-refractivity contribution in [1.29, 1.82) is 0 Å². The van der Waals surface area contributed by atoms with Gasteiger partial charge < -0.3 is 0 Å². The first-order chi connectivity index (χ1) is 6.09. The van der Waals surface area contributed by atoms with Crippen molar-refractivity contribution in [2.75, 3.05) is 0 Å². The highest BCUT2D eigenvalue weighted by Crippen LogP contribution is 2.13. The van der Waals surface area contributed by atoms with Crippen LogP contribution >= 0.6 is 15.9 Å². The Morgan fingerprint density at radius 1 is 1.46 bits per heavy atom. The predicted octanol–water partition coefficient (Wildman–Crippen LogP) is 3.09. The van der Waals surface area contributed by atoms with Crippen LogP contribution in [0.4, 0.5) is 0 Å². The Morgan fingerprint density at radius 2 is 2.00 bits per heavy atom. The fraction of sp³-hybridized carbons (Fsp3) is 0.111. The Balaban J connectivity index is 2.92. The van der Waals surface area contributed by atoms with Crippen molar-refractivity contribution in [3.63, 3.8) is 0 Å². The molecule has 0 saturated carbocycles. The van der Waals surface area contributed by atoms with Crippen molar-refractivity contribution in [2.24, 2.45) is 0 Å². The lowest BCUT2D eigenvalue weighted by molar-refractivity contribution is -0.422. The van der Waals surface area contributed by atoms with Crippen LogP contribution in [0.15, 0.2) is 34.4 Å². The summed E-state index contributed by atoms with van der Waals surface area (Å²) in [7, 11) is 0. The molecule has 0 radical (unpaired) electrons. The molecule has 68 valence electrons. The lowest BCUT2D eigenvalue weighted by atomic mass is 10.2. The van der Waals surface area contributed by atoms with Crippen molar-refractivity contribution < 1.29 is 4.92 Å². The van der Waals surface area contributed by atoms with Gasteiger partial charge in [0.2, 0.25) is 5.70 Å². The lowest BCUT2D eigenvalue weighted by Gasteiger charge is -1.93. The van der Waals surface area contributed by atoms with Gasteiger partial charge in [-0.2, -0.15) is 0 Å². The Morgan fingerprint density at radius 3 is 2.46 bits per heavy atom. The third-order valence-corrected chi connectivity index (χ3v) is 2.06. The minimum absolute atomic E-state index is 0.141. The van der Waals surface area contributed by atoms with Crippen LogP contribution in [0.2, 0.25) is 0 Å². The quantitative estimate of drug-likeness (QED) is 0.590. The molecule has 1 aromatic carbocycles. The van der Waals surface area contributed by atoms with Gasteiger partial charge in [0, 0.05) is 17.5 Å². The monoisotopic (exact) mass is 241 g/mol. The summed E-state index contributed by atoms with van der Waals surface area (Å²) < 4.78 is 0.961. The van der Waals surface area contributed by atoms with E-state index in [9.17, 15) is 10.1 Å². The molecular formula is C9H8BrNO2. The molecule has 0 heterocycles. The van der Waals surface area contributed by atoms with Gasteiger partial charge in [0.05, 0.1) is 4.92 Å². The summed E-state index contributed by atoms with van der Waals surface area (Å²) in [6.07, 6.45) is 1.53. The van der Waals surface area contributed by atoms with E-state index in [2.05, 4.69) is 15.9 Å². The molecular weight excluding hydrogens is 234 g/mol. The molecule has 4 heteroatoms. The Bertz CT molecular complexity index is 343. The SMILES string of the molecule is C/C(=C\c1ccc(Br)cc1)[N+](=O)[O-]. The third-order valence-electron chi connectivity index (χ3n) is 1.53.